The highest BCUT2D eigenvalue weighted by Gasteiger charge is 2.39. The number of hydrogen-bond acceptors (Lipinski definition) is 2. The second kappa shape index (κ2) is 3.69. The minimum absolute atomic E-state index is 0.274. The van der Waals surface area contributed by atoms with Gasteiger partial charge in [0.25, 0.3) is 0 Å². The maximum atomic E-state index is 12.5. The molecule has 0 aliphatic carbocycles. The molecule has 1 aromatic rings. The molecule has 1 aromatic heterocycles. The third kappa shape index (κ3) is 2.38. The van der Waals surface area contributed by atoms with E-state index in [1.54, 1.807) is 0 Å². The van der Waals surface area contributed by atoms with E-state index < -0.39 is 33.8 Å². The van der Waals surface area contributed by atoms with Crippen molar-refractivity contribution in [2.75, 3.05) is 0 Å². The van der Waals surface area contributed by atoms with Crippen molar-refractivity contribution in [2.45, 2.75) is 11.8 Å². The van der Waals surface area contributed by atoms with E-state index in [4.69, 9.17) is 11.6 Å². The van der Waals surface area contributed by atoms with Crippen LogP contribution in [0.4, 0.5) is 23.4 Å². The summed E-state index contributed by atoms with van der Waals surface area (Å²) >= 11 is 4.86. The van der Waals surface area contributed by atoms with Crippen LogP contribution in [0.1, 0.15) is 16.9 Å². The second-order valence-electron chi connectivity index (χ2n) is 2.54. The van der Waals surface area contributed by atoms with Crippen LogP contribution in [0.2, 0.25) is 0 Å². The Kier molecular flexibility index (Phi) is 2.89. The number of alkyl halides is 5. The average molecular weight is 247 g/mol. The van der Waals surface area contributed by atoms with Gasteiger partial charge in [0.15, 0.2) is 0 Å². The van der Waals surface area contributed by atoms with Crippen LogP contribution in [0.5, 0.6) is 0 Å². The summed E-state index contributed by atoms with van der Waals surface area (Å²) in [6.45, 7) is 0. The lowest BCUT2D eigenvalue weighted by Gasteiger charge is -1.97. The number of rotatable bonds is 2. The van der Waals surface area contributed by atoms with Gasteiger partial charge in [-0.25, -0.2) is 9.37 Å². The fraction of sp³-hybridized carbons (Fsp3) is 0.333. The molecule has 0 aliphatic rings. The van der Waals surface area contributed by atoms with Gasteiger partial charge in [-0.2, -0.15) is 13.2 Å². The third-order valence-electron chi connectivity index (χ3n) is 1.55. The van der Waals surface area contributed by atoms with Gasteiger partial charge in [0, 0.05) is 6.07 Å². The highest BCUT2D eigenvalue weighted by Crippen LogP contribution is 2.37. The molecule has 84 valence electrons. The summed E-state index contributed by atoms with van der Waals surface area (Å²) in [7, 11) is 0. The summed E-state index contributed by atoms with van der Waals surface area (Å²) in [5.41, 5.74) is -4.61. The molecule has 1 atom stereocenters. The maximum absolute atomic E-state index is 12.5. The van der Waals surface area contributed by atoms with E-state index in [2.05, 4.69) is 0 Å². The van der Waals surface area contributed by atoms with Crippen molar-refractivity contribution in [1.82, 2.24) is 4.98 Å². The number of nitrogens with zero attached hydrogens (tertiary/aromatic N) is 1. The predicted molar refractivity (Wildman–Crippen MR) is 42.2 cm³/mol. The van der Waals surface area contributed by atoms with Gasteiger partial charge in [-0.15, -0.1) is 0 Å². The number of H-pyrrole nitrogens is 1. The van der Waals surface area contributed by atoms with Crippen LogP contribution in [-0.4, -0.2) is 9.91 Å². The number of aromatic amines is 1. The van der Waals surface area contributed by atoms with E-state index in [1.165, 1.54) is 4.98 Å². The normalized spacial score (nSPS) is 13.9. The monoisotopic (exact) mass is 246 g/mol. The summed E-state index contributed by atoms with van der Waals surface area (Å²) in [5, 5.41) is 10.2. The summed E-state index contributed by atoms with van der Waals surface area (Å²) < 4.78 is 48.8. The van der Waals surface area contributed by atoms with Crippen molar-refractivity contribution >= 4 is 17.4 Å². The van der Waals surface area contributed by atoms with E-state index in [0.29, 0.717) is 0 Å². The van der Waals surface area contributed by atoms with Gasteiger partial charge < -0.3 is 10.1 Å². The molecule has 0 fully saturated rings. The summed E-state index contributed by atoms with van der Waals surface area (Å²) in [6, 6.07) is 0.274. The largest absolute Gasteiger partial charge is 0.453 e. The lowest BCUT2D eigenvalue weighted by atomic mass is 10.3. The Morgan fingerprint density at radius 2 is 2.07 bits per heavy atom. The van der Waals surface area contributed by atoms with Crippen molar-refractivity contribution in [3.8, 4) is 0 Å². The van der Waals surface area contributed by atoms with Gasteiger partial charge in [0.1, 0.15) is 0 Å². The zero-order valence-corrected chi connectivity index (χ0v) is 7.56. The second-order valence-corrected chi connectivity index (χ2v) is 2.93. The first-order valence-electron chi connectivity index (χ1n) is 3.46. The first-order valence-corrected chi connectivity index (χ1v) is 3.89. The Bertz CT molecular complexity index is 387. The molecule has 1 heterocycles. The molecule has 1 rings (SSSR count). The minimum atomic E-state index is -4.81. The summed E-state index contributed by atoms with van der Waals surface area (Å²) in [4.78, 5) is 10.5. The summed E-state index contributed by atoms with van der Waals surface area (Å²) in [5.74, 6) is -1.09. The van der Waals surface area contributed by atoms with Crippen LogP contribution >= 0.6 is 11.6 Å². The van der Waals surface area contributed by atoms with Crippen LogP contribution in [0, 0.1) is 10.1 Å². The van der Waals surface area contributed by atoms with Crippen molar-refractivity contribution < 1.29 is 22.5 Å². The van der Waals surface area contributed by atoms with Crippen LogP contribution in [0.15, 0.2) is 6.07 Å². The van der Waals surface area contributed by atoms with Gasteiger partial charge in [0.05, 0.1) is 5.56 Å². The molecule has 0 amide bonds. The Balaban J connectivity index is 3.28. The topological polar surface area (TPSA) is 58.9 Å². The molecule has 0 aromatic carbocycles. The van der Waals surface area contributed by atoms with Gasteiger partial charge in [0.2, 0.25) is 11.3 Å². The number of nitro groups is 1. The first kappa shape index (κ1) is 11.8. The van der Waals surface area contributed by atoms with E-state index in [0.717, 1.165) is 0 Å². The molecule has 0 bridgehead atoms. The lowest BCUT2D eigenvalue weighted by Crippen LogP contribution is -2.05. The van der Waals surface area contributed by atoms with Crippen molar-refractivity contribution in [3.05, 3.63) is 27.4 Å². The zero-order chi connectivity index (χ0) is 11.8. The Labute approximate surface area is 85.0 Å². The highest BCUT2D eigenvalue weighted by molar-refractivity contribution is 6.20. The van der Waals surface area contributed by atoms with E-state index >= 15 is 0 Å². The van der Waals surface area contributed by atoms with Crippen molar-refractivity contribution in [2.24, 2.45) is 0 Å². The maximum Gasteiger partial charge on any atom is 0.453 e. The molecule has 0 saturated carbocycles. The molecule has 0 aliphatic heterocycles. The standard InChI is InChI=1S/C6H3ClF4N2O2/c7-4(8)2-1-3(6(9,10)11)12-5(2)13(14)15/h1,4,12H. The van der Waals surface area contributed by atoms with Crippen LogP contribution in [0.3, 0.4) is 0 Å². The van der Waals surface area contributed by atoms with E-state index in [-0.39, 0.29) is 6.07 Å². The third-order valence-corrected chi connectivity index (χ3v) is 1.78. The van der Waals surface area contributed by atoms with Crippen LogP contribution in [0.25, 0.3) is 0 Å². The SMILES string of the molecule is O=[N+]([O-])c1[nH]c(C(F)(F)F)cc1C(F)Cl. The molecule has 0 spiro atoms. The fourth-order valence-electron chi connectivity index (χ4n) is 0.930. The van der Waals surface area contributed by atoms with E-state index in [1.807, 2.05) is 0 Å². The first-order chi connectivity index (χ1) is 6.73. The van der Waals surface area contributed by atoms with Gasteiger partial charge in [-0.05, 0) is 4.92 Å². The van der Waals surface area contributed by atoms with Gasteiger partial charge >= 0.3 is 12.0 Å². The molecule has 15 heavy (non-hydrogen) atoms. The number of nitrogens with one attached hydrogen (secondary N) is 1. The molecule has 0 saturated heterocycles. The predicted octanol–water partition coefficient (Wildman–Crippen LogP) is 3.15. The Morgan fingerprint density at radius 1 is 1.53 bits per heavy atom. The number of aromatic nitrogens is 1. The van der Waals surface area contributed by atoms with Gasteiger partial charge in [-0.3, -0.25) is 0 Å². The smallest absolute Gasteiger partial charge is 0.358 e. The van der Waals surface area contributed by atoms with Crippen molar-refractivity contribution in [1.29, 1.82) is 0 Å². The highest BCUT2D eigenvalue weighted by atomic mass is 35.5. The lowest BCUT2D eigenvalue weighted by molar-refractivity contribution is -0.390. The van der Waals surface area contributed by atoms with Crippen LogP contribution < -0.4 is 0 Å². The molecule has 1 N–H and O–H groups in total. The van der Waals surface area contributed by atoms with E-state index in [9.17, 15) is 27.7 Å². The minimum Gasteiger partial charge on any atom is -0.358 e. The average Bonchev–Trinajstić information content (AvgIpc) is 2.45. The number of halogens is 5. The zero-order valence-electron chi connectivity index (χ0n) is 6.81. The number of hydrogen-bond donors (Lipinski definition) is 1. The molecular formula is C6H3ClF4N2O2. The van der Waals surface area contributed by atoms with Crippen LogP contribution in [-0.2, 0) is 6.18 Å². The molecule has 9 heteroatoms. The quantitative estimate of drug-likeness (QED) is 0.377. The molecular weight excluding hydrogens is 244 g/mol. The summed E-state index contributed by atoms with van der Waals surface area (Å²) in [6.07, 6.45) is -4.81. The van der Waals surface area contributed by atoms with Crippen molar-refractivity contribution in [3.63, 3.8) is 0 Å². The fourth-order valence-corrected chi connectivity index (χ4v) is 1.10. The Hall–Kier alpha value is -1.31. The molecule has 0 radical (unpaired) electrons. The molecule has 1 unspecified atom stereocenters. The van der Waals surface area contributed by atoms with Gasteiger partial charge in [-0.1, -0.05) is 11.6 Å². The molecule has 4 nitrogen and oxygen atoms in total. The Morgan fingerprint density at radius 3 is 2.33 bits per heavy atom.